The van der Waals surface area contributed by atoms with Gasteiger partial charge in [-0.2, -0.15) is 5.26 Å². The minimum atomic E-state index is -3.91. The van der Waals surface area contributed by atoms with E-state index in [1.165, 1.54) is 36.0 Å². The van der Waals surface area contributed by atoms with Crippen LogP contribution < -0.4 is 16.2 Å². The number of benzene rings is 1. The van der Waals surface area contributed by atoms with E-state index in [0.717, 1.165) is 0 Å². The lowest BCUT2D eigenvalue weighted by Crippen LogP contribution is -2.17. The van der Waals surface area contributed by atoms with Crippen LogP contribution in [0.25, 0.3) is 0 Å². The molecule has 0 aliphatic carbocycles. The van der Waals surface area contributed by atoms with Gasteiger partial charge in [-0.3, -0.25) is 4.72 Å². The van der Waals surface area contributed by atoms with Gasteiger partial charge in [-0.05, 0) is 30.5 Å². The molecule has 0 bridgehead atoms. The van der Waals surface area contributed by atoms with Crippen molar-refractivity contribution < 1.29 is 8.42 Å². The molecule has 2 aromatic rings. The maximum Gasteiger partial charge on any atom is 0.262 e. The Kier molecular flexibility index (Phi) is 4.39. The van der Waals surface area contributed by atoms with Crippen LogP contribution in [0.3, 0.4) is 0 Å². The van der Waals surface area contributed by atoms with Crippen LogP contribution in [0.5, 0.6) is 0 Å². The van der Waals surface area contributed by atoms with Crippen LogP contribution in [0.2, 0.25) is 0 Å². The quantitative estimate of drug-likeness (QED) is 0.554. The third-order valence-electron chi connectivity index (χ3n) is 2.66. The van der Waals surface area contributed by atoms with E-state index in [1.807, 2.05) is 6.07 Å². The fourth-order valence-electron chi connectivity index (χ4n) is 1.57. The Bertz CT molecular complexity index is 820. The number of hydrogen-bond donors (Lipinski definition) is 3. The number of rotatable bonds is 4. The van der Waals surface area contributed by atoms with Gasteiger partial charge in [0.05, 0.1) is 16.5 Å². The largest absolute Gasteiger partial charge is 0.382 e. The number of thioether (sulfide) groups is 1. The summed E-state index contributed by atoms with van der Waals surface area (Å²) in [5.74, 6) is -0.122. The number of sulfonamides is 1. The first-order valence-corrected chi connectivity index (χ1v) is 8.58. The Labute approximate surface area is 131 Å². The SMILES string of the molecule is CSc1nc(N)c(NS(=O)(=O)c2ccc(C#N)cc2)c(N)n1. The maximum atomic E-state index is 12.3. The van der Waals surface area contributed by atoms with Gasteiger partial charge >= 0.3 is 0 Å². The van der Waals surface area contributed by atoms with Crippen LogP contribution >= 0.6 is 11.8 Å². The van der Waals surface area contributed by atoms with Gasteiger partial charge in [-0.1, -0.05) is 11.8 Å². The minimum absolute atomic E-state index is 0.0285. The summed E-state index contributed by atoms with van der Waals surface area (Å²) >= 11 is 1.23. The lowest BCUT2D eigenvalue weighted by atomic mass is 10.2. The molecule has 0 spiro atoms. The summed E-state index contributed by atoms with van der Waals surface area (Å²) in [5.41, 5.74) is 11.7. The number of aromatic nitrogens is 2. The number of nitrogen functional groups attached to an aromatic ring is 2. The van der Waals surface area contributed by atoms with E-state index in [2.05, 4.69) is 14.7 Å². The van der Waals surface area contributed by atoms with Crippen LogP contribution in [0, 0.1) is 11.3 Å². The van der Waals surface area contributed by atoms with Crippen molar-refractivity contribution in [3.63, 3.8) is 0 Å². The molecule has 0 radical (unpaired) electrons. The van der Waals surface area contributed by atoms with Gasteiger partial charge in [0.2, 0.25) is 0 Å². The lowest BCUT2D eigenvalue weighted by molar-refractivity contribution is 0.601. The highest BCUT2D eigenvalue weighted by Gasteiger charge is 2.19. The number of nitrogens with zero attached hydrogens (tertiary/aromatic N) is 3. The molecule has 0 atom stereocenters. The molecule has 114 valence electrons. The lowest BCUT2D eigenvalue weighted by Gasteiger charge is -2.12. The number of anilines is 3. The highest BCUT2D eigenvalue weighted by molar-refractivity contribution is 7.98. The predicted octanol–water partition coefficient (Wildman–Crippen LogP) is 1.04. The van der Waals surface area contributed by atoms with Gasteiger partial charge in [0, 0.05) is 0 Å². The molecule has 0 aliphatic rings. The smallest absolute Gasteiger partial charge is 0.262 e. The molecule has 1 heterocycles. The average Bonchev–Trinajstić information content (AvgIpc) is 2.50. The molecule has 0 amide bonds. The van der Waals surface area contributed by atoms with Gasteiger partial charge in [0.1, 0.15) is 5.69 Å². The molecule has 8 nitrogen and oxygen atoms in total. The molecule has 0 aliphatic heterocycles. The van der Waals surface area contributed by atoms with Crippen molar-refractivity contribution in [2.75, 3.05) is 22.4 Å². The van der Waals surface area contributed by atoms with Crippen LogP contribution in [-0.2, 0) is 10.0 Å². The molecule has 0 saturated carbocycles. The summed E-state index contributed by atoms with van der Waals surface area (Å²) in [4.78, 5) is 7.85. The first kappa shape index (κ1) is 15.9. The summed E-state index contributed by atoms with van der Waals surface area (Å²) in [6, 6.07) is 7.32. The second-order valence-corrected chi connectivity index (χ2v) is 6.55. The van der Waals surface area contributed by atoms with E-state index >= 15 is 0 Å². The minimum Gasteiger partial charge on any atom is -0.382 e. The molecule has 22 heavy (non-hydrogen) atoms. The monoisotopic (exact) mass is 336 g/mol. The highest BCUT2D eigenvalue weighted by Crippen LogP contribution is 2.27. The van der Waals surface area contributed by atoms with Crippen LogP contribution in [0.1, 0.15) is 5.56 Å². The Morgan fingerprint density at radius 2 is 1.73 bits per heavy atom. The Hall–Kier alpha value is -2.51. The van der Waals surface area contributed by atoms with E-state index in [-0.39, 0.29) is 22.2 Å². The van der Waals surface area contributed by atoms with E-state index in [9.17, 15) is 8.42 Å². The van der Waals surface area contributed by atoms with Crippen molar-refractivity contribution in [2.45, 2.75) is 10.1 Å². The Morgan fingerprint density at radius 3 is 2.18 bits per heavy atom. The van der Waals surface area contributed by atoms with Gasteiger partial charge in [-0.15, -0.1) is 0 Å². The first-order chi connectivity index (χ1) is 10.4. The highest BCUT2D eigenvalue weighted by atomic mass is 32.2. The normalized spacial score (nSPS) is 10.9. The van der Waals surface area contributed by atoms with E-state index in [0.29, 0.717) is 10.7 Å². The molecule has 10 heteroatoms. The summed E-state index contributed by atoms with van der Waals surface area (Å²) in [6.07, 6.45) is 1.74. The zero-order valence-electron chi connectivity index (χ0n) is 11.4. The number of nitriles is 1. The molecule has 2 rings (SSSR count). The second kappa shape index (κ2) is 6.08. The first-order valence-electron chi connectivity index (χ1n) is 5.87. The fraction of sp³-hybridized carbons (Fsp3) is 0.0833. The zero-order chi connectivity index (χ0) is 16.3. The standard InChI is InChI=1S/C12H12N6O2S2/c1-21-12-16-10(14)9(11(15)17-12)18-22(19,20)8-4-2-7(6-13)3-5-8/h2-5,18H,1H3,(H4,14,15,16,17). The molecule has 0 saturated heterocycles. The predicted molar refractivity (Wildman–Crippen MR) is 84.6 cm³/mol. The van der Waals surface area contributed by atoms with Crippen LogP contribution in [0.4, 0.5) is 17.3 Å². The van der Waals surface area contributed by atoms with Crippen molar-refractivity contribution in [3.8, 4) is 6.07 Å². The van der Waals surface area contributed by atoms with Gasteiger partial charge < -0.3 is 11.5 Å². The molecular formula is C12H12N6O2S2. The van der Waals surface area contributed by atoms with Crippen molar-refractivity contribution >= 4 is 39.1 Å². The van der Waals surface area contributed by atoms with E-state index in [4.69, 9.17) is 16.7 Å². The van der Waals surface area contributed by atoms with E-state index in [1.54, 1.807) is 6.26 Å². The Morgan fingerprint density at radius 1 is 1.18 bits per heavy atom. The zero-order valence-corrected chi connectivity index (χ0v) is 13.1. The number of nitrogens with one attached hydrogen (secondary N) is 1. The van der Waals surface area contributed by atoms with Crippen molar-refractivity contribution in [3.05, 3.63) is 29.8 Å². The third-order valence-corrected chi connectivity index (χ3v) is 4.57. The molecule has 0 unspecified atom stereocenters. The average molecular weight is 336 g/mol. The van der Waals surface area contributed by atoms with E-state index < -0.39 is 10.0 Å². The molecule has 5 N–H and O–H groups in total. The molecule has 0 fully saturated rings. The van der Waals surface area contributed by atoms with Crippen molar-refractivity contribution in [1.29, 1.82) is 5.26 Å². The van der Waals surface area contributed by atoms with Gasteiger partial charge in [-0.25, -0.2) is 18.4 Å². The summed E-state index contributed by atoms with van der Waals surface area (Å²) in [7, 11) is -3.91. The summed E-state index contributed by atoms with van der Waals surface area (Å²) in [5, 5.41) is 9.07. The Balaban J connectivity index is 2.38. The summed E-state index contributed by atoms with van der Waals surface area (Å²) < 4.78 is 26.9. The second-order valence-electron chi connectivity index (χ2n) is 4.10. The number of hydrogen-bond acceptors (Lipinski definition) is 8. The summed E-state index contributed by atoms with van der Waals surface area (Å²) in [6.45, 7) is 0. The van der Waals surface area contributed by atoms with Crippen molar-refractivity contribution in [1.82, 2.24) is 9.97 Å². The maximum absolute atomic E-state index is 12.3. The molecule has 1 aromatic carbocycles. The van der Waals surface area contributed by atoms with Crippen LogP contribution in [0.15, 0.2) is 34.3 Å². The van der Waals surface area contributed by atoms with Gasteiger partial charge in [0.25, 0.3) is 10.0 Å². The van der Waals surface area contributed by atoms with Crippen molar-refractivity contribution in [2.24, 2.45) is 0 Å². The topological polar surface area (TPSA) is 148 Å². The molecule has 1 aromatic heterocycles. The third kappa shape index (κ3) is 3.21. The molecular weight excluding hydrogens is 324 g/mol. The van der Waals surface area contributed by atoms with Gasteiger partial charge in [0.15, 0.2) is 16.8 Å². The fourth-order valence-corrected chi connectivity index (χ4v) is 3.04. The number of nitrogens with two attached hydrogens (primary N) is 2. The van der Waals surface area contributed by atoms with Crippen LogP contribution in [-0.4, -0.2) is 24.6 Å².